The van der Waals surface area contributed by atoms with Crippen LogP contribution in [-0.4, -0.2) is 44.4 Å². The van der Waals surface area contributed by atoms with E-state index in [1.54, 1.807) is 17.2 Å². The highest BCUT2D eigenvalue weighted by Crippen LogP contribution is 2.50. The summed E-state index contributed by atoms with van der Waals surface area (Å²) >= 11 is 6.15. The third-order valence-electron chi connectivity index (χ3n) is 5.52. The van der Waals surface area contributed by atoms with Gasteiger partial charge in [0.15, 0.2) is 0 Å². The van der Waals surface area contributed by atoms with Crippen molar-refractivity contribution >= 4 is 28.6 Å². The number of halogens is 1. The molecule has 1 aliphatic heterocycles. The number of likely N-dealkylation sites (tertiary alicyclic amines) is 1. The fraction of sp³-hybridized carbons (Fsp3) is 0.632. The minimum atomic E-state index is -0.739. The lowest BCUT2D eigenvalue weighted by Gasteiger charge is -2.39. The van der Waals surface area contributed by atoms with Crippen molar-refractivity contribution < 1.29 is 9.53 Å². The van der Waals surface area contributed by atoms with E-state index in [-0.39, 0.29) is 18.1 Å². The molecule has 0 bridgehead atoms. The number of ether oxygens (including phenoxy) is 1. The molecule has 29 heavy (non-hydrogen) atoms. The van der Waals surface area contributed by atoms with Crippen molar-refractivity contribution in [2.45, 2.75) is 57.7 Å². The minimum absolute atomic E-state index is 0.00346. The number of pyridine rings is 1. The maximum Gasteiger partial charge on any atom is 0.410 e. The van der Waals surface area contributed by atoms with E-state index < -0.39 is 11.1 Å². The second-order valence-electron chi connectivity index (χ2n) is 8.97. The number of azide groups is 1. The molecule has 0 N–H and O–H groups in total. The van der Waals surface area contributed by atoms with Gasteiger partial charge >= 0.3 is 6.09 Å². The van der Waals surface area contributed by atoms with Crippen molar-refractivity contribution in [1.82, 2.24) is 19.7 Å². The highest BCUT2D eigenvalue weighted by molar-refractivity contribution is 6.30. The summed E-state index contributed by atoms with van der Waals surface area (Å²) < 4.78 is 7.31. The third kappa shape index (κ3) is 3.60. The molecule has 10 heteroatoms. The first-order valence-electron chi connectivity index (χ1n) is 9.71. The summed E-state index contributed by atoms with van der Waals surface area (Å²) in [5.74, 6) is 0.261. The molecule has 1 atom stereocenters. The molecule has 2 aromatic heterocycles. The van der Waals surface area contributed by atoms with E-state index in [4.69, 9.17) is 27.0 Å². The predicted octanol–water partition coefficient (Wildman–Crippen LogP) is 4.81. The van der Waals surface area contributed by atoms with Crippen LogP contribution in [-0.2, 0) is 10.3 Å². The monoisotopic (exact) mass is 417 g/mol. The second kappa shape index (κ2) is 6.78. The largest absolute Gasteiger partial charge is 0.444 e. The lowest BCUT2D eigenvalue weighted by atomic mass is 9.91. The van der Waals surface area contributed by atoms with Gasteiger partial charge in [-0.1, -0.05) is 16.7 Å². The van der Waals surface area contributed by atoms with E-state index in [0.717, 1.165) is 23.7 Å². The van der Waals surface area contributed by atoms with E-state index in [2.05, 4.69) is 15.0 Å². The number of rotatable bonds is 4. The summed E-state index contributed by atoms with van der Waals surface area (Å²) in [7, 11) is 0. The maximum absolute atomic E-state index is 12.3. The zero-order chi connectivity index (χ0) is 21.0. The Morgan fingerprint density at radius 2 is 2.03 bits per heavy atom. The molecule has 154 valence electrons. The van der Waals surface area contributed by atoms with Crippen LogP contribution in [0.15, 0.2) is 17.4 Å². The zero-order valence-electron chi connectivity index (χ0n) is 17.0. The van der Waals surface area contributed by atoms with Crippen molar-refractivity contribution in [3.05, 3.63) is 33.6 Å². The number of hydrogen-bond acceptors (Lipinski definition) is 5. The Morgan fingerprint density at radius 3 is 2.62 bits per heavy atom. The van der Waals surface area contributed by atoms with Gasteiger partial charge in [0.2, 0.25) is 0 Å². The first-order valence-corrected chi connectivity index (χ1v) is 10.1. The van der Waals surface area contributed by atoms with Crippen LogP contribution in [0.25, 0.3) is 21.3 Å². The summed E-state index contributed by atoms with van der Waals surface area (Å²) in [5, 5.41) is 10.2. The maximum atomic E-state index is 12.3. The molecule has 1 amide bonds. The average molecular weight is 418 g/mol. The Bertz CT molecular complexity index is 1010. The second-order valence-corrected chi connectivity index (χ2v) is 9.35. The standard InChI is InChI=1S/C19H24ClN7O2/c1-18(2,3)29-17(28)26-9-12(10-26)27-14-8-22-15(20)7-13(14)16(23-27)19(4,24-25-21)11-5-6-11/h7-8,11-12H,5-6,9-10H2,1-4H3. The van der Waals surface area contributed by atoms with Gasteiger partial charge in [-0.05, 0) is 58.1 Å². The number of fused-ring (bicyclic) bond motifs is 1. The first-order chi connectivity index (χ1) is 13.6. The van der Waals surface area contributed by atoms with Gasteiger partial charge in [-0.25, -0.2) is 9.78 Å². The Morgan fingerprint density at radius 1 is 1.34 bits per heavy atom. The SMILES string of the molecule is CC(C)(C)OC(=O)N1CC(n2nc(C(C)(N=[N+]=[N-])C3CC3)c3cc(Cl)ncc32)C1. The molecule has 0 radical (unpaired) electrons. The van der Waals surface area contributed by atoms with Crippen molar-refractivity contribution in [3.8, 4) is 0 Å². The van der Waals surface area contributed by atoms with Gasteiger partial charge in [0.1, 0.15) is 10.8 Å². The fourth-order valence-corrected chi connectivity index (χ4v) is 3.97. The van der Waals surface area contributed by atoms with Crippen LogP contribution in [0.4, 0.5) is 4.79 Å². The van der Waals surface area contributed by atoms with E-state index in [0.29, 0.717) is 23.9 Å². The molecule has 0 aromatic carbocycles. The van der Waals surface area contributed by atoms with E-state index in [1.165, 1.54) is 0 Å². The van der Waals surface area contributed by atoms with Gasteiger partial charge in [-0.3, -0.25) is 4.68 Å². The average Bonchev–Trinajstić information content (AvgIpc) is 3.35. The van der Waals surface area contributed by atoms with Crippen molar-refractivity contribution in [2.24, 2.45) is 11.0 Å². The van der Waals surface area contributed by atoms with Crippen LogP contribution in [0.3, 0.4) is 0 Å². The van der Waals surface area contributed by atoms with Crippen LogP contribution in [0, 0.1) is 5.92 Å². The van der Waals surface area contributed by atoms with Gasteiger partial charge in [0, 0.05) is 23.4 Å². The number of hydrogen-bond donors (Lipinski definition) is 0. The van der Waals surface area contributed by atoms with Gasteiger partial charge in [0.25, 0.3) is 0 Å². The summed E-state index contributed by atoms with van der Waals surface area (Å²) in [6, 6.07) is 1.77. The quantitative estimate of drug-likeness (QED) is 0.307. The fourth-order valence-electron chi connectivity index (χ4n) is 3.81. The highest BCUT2D eigenvalue weighted by Gasteiger charge is 2.46. The van der Waals surface area contributed by atoms with Crippen LogP contribution in [0.2, 0.25) is 5.15 Å². The summed E-state index contributed by atoms with van der Waals surface area (Å²) in [5.41, 5.74) is 9.42. The molecule has 1 saturated carbocycles. The third-order valence-corrected chi connectivity index (χ3v) is 5.73. The van der Waals surface area contributed by atoms with Crippen LogP contribution in [0.5, 0.6) is 0 Å². The Balaban J connectivity index is 1.67. The molecular formula is C19H24ClN7O2. The number of aromatic nitrogens is 3. The zero-order valence-corrected chi connectivity index (χ0v) is 17.7. The van der Waals surface area contributed by atoms with Crippen LogP contribution >= 0.6 is 11.6 Å². The lowest BCUT2D eigenvalue weighted by molar-refractivity contribution is 0.0000500. The molecular weight excluding hydrogens is 394 g/mol. The summed E-state index contributed by atoms with van der Waals surface area (Å²) in [6.07, 6.45) is 3.36. The van der Waals surface area contributed by atoms with Gasteiger partial charge in [-0.15, -0.1) is 0 Å². The Kier molecular flexibility index (Phi) is 4.63. The van der Waals surface area contributed by atoms with Crippen LogP contribution in [0.1, 0.15) is 52.3 Å². The number of nitrogens with zero attached hydrogens (tertiary/aromatic N) is 7. The Hall–Kier alpha value is -2.51. The molecule has 1 saturated heterocycles. The van der Waals surface area contributed by atoms with Crippen molar-refractivity contribution in [1.29, 1.82) is 0 Å². The molecule has 2 fully saturated rings. The summed E-state index contributed by atoms with van der Waals surface area (Å²) in [4.78, 5) is 21.2. The molecule has 3 heterocycles. The lowest BCUT2D eigenvalue weighted by Crippen LogP contribution is -2.52. The van der Waals surface area contributed by atoms with Gasteiger partial charge in [-0.2, -0.15) is 5.10 Å². The molecule has 9 nitrogen and oxygen atoms in total. The van der Waals surface area contributed by atoms with Crippen LogP contribution < -0.4 is 0 Å². The van der Waals surface area contributed by atoms with Gasteiger partial charge in [0.05, 0.1) is 29.0 Å². The minimum Gasteiger partial charge on any atom is -0.444 e. The summed E-state index contributed by atoms with van der Waals surface area (Å²) in [6.45, 7) is 8.46. The van der Waals surface area contributed by atoms with E-state index >= 15 is 0 Å². The number of carbonyl (C=O) groups is 1. The van der Waals surface area contributed by atoms with Crippen molar-refractivity contribution in [2.75, 3.05) is 13.1 Å². The molecule has 1 aliphatic carbocycles. The molecule has 2 aliphatic rings. The van der Waals surface area contributed by atoms with E-state index in [9.17, 15) is 4.79 Å². The first kappa shape index (κ1) is 19.8. The smallest absolute Gasteiger partial charge is 0.410 e. The predicted molar refractivity (Wildman–Crippen MR) is 109 cm³/mol. The Labute approximate surface area is 173 Å². The molecule has 2 aromatic rings. The molecule has 0 spiro atoms. The molecule has 4 rings (SSSR count). The van der Waals surface area contributed by atoms with Crippen molar-refractivity contribution in [3.63, 3.8) is 0 Å². The van der Waals surface area contributed by atoms with E-state index in [1.807, 2.05) is 32.4 Å². The number of carbonyl (C=O) groups excluding carboxylic acids is 1. The molecule has 1 unspecified atom stereocenters. The normalized spacial score (nSPS) is 19.4. The number of amides is 1. The topological polar surface area (TPSA) is 109 Å². The van der Waals surface area contributed by atoms with Gasteiger partial charge < -0.3 is 9.64 Å². The highest BCUT2D eigenvalue weighted by atomic mass is 35.5.